The molecule has 0 amide bonds. The Bertz CT molecular complexity index is 349. The molecule has 4 nitrogen and oxygen atoms in total. The van der Waals surface area contributed by atoms with Crippen LogP contribution in [0.2, 0.25) is 0 Å². The number of hydrogen-bond acceptors (Lipinski definition) is 4. The number of hydrogen-bond donors (Lipinski definition) is 1. The summed E-state index contributed by atoms with van der Waals surface area (Å²) in [5, 5.41) is 17.6. The van der Waals surface area contributed by atoms with E-state index < -0.39 is 6.10 Å². The third-order valence-electron chi connectivity index (χ3n) is 1.57. The van der Waals surface area contributed by atoms with E-state index in [2.05, 4.69) is 25.9 Å². The molecular weight excluding hydrogens is 234 g/mol. The summed E-state index contributed by atoms with van der Waals surface area (Å²) in [7, 11) is 0. The number of halogens is 1. The highest BCUT2D eigenvalue weighted by Crippen LogP contribution is 2.19. The second kappa shape index (κ2) is 3.81. The molecule has 13 heavy (non-hydrogen) atoms. The van der Waals surface area contributed by atoms with Gasteiger partial charge < -0.3 is 5.11 Å². The van der Waals surface area contributed by atoms with E-state index in [1.807, 2.05) is 0 Å². The zero-order valence-corrected chi connectivity index (χ0v) is 8.83. The van der Waals surface area contributed by atoms with Crippen molar-refractivity contribution >= 4 is 15.9 Å². The largest absolute Gasteiger partial charge is 0.371 e. The van der Waals surface area contributed by atoms with Gasteiger partial charge in [-0.3, -0.25) is 0 Å². The molecule has 0 aliphatic heterocycles. The summed E-state index contributed by atoms with van der Waals surface area (Å²) in [6.45, 7) is 3.57. The topological polar surface area (TPSA) is 69.8 Å². The molecule has 1 unspecified atom stereocenters. The number of aromatic nitrogens is 2. The Kier molecular flexibility index (Phi) is 2.96. The fraction of sp³-hybridized carbons (Fsp3) is 0.375. The van der Waals surface area contributed by atoms with Crippen molar-refractivity contribution < 1.29 is 5.11 Å². The fourth-order valence-corrected chi connectivity index (χ4v) is 1.09. The van der Waals surface area contributed by atoms with Crippen molar-refractivity contribution in [2.24, 2.45) is 0 Å². The third kappa shape index (κ3) is 2.02. The summed E-state index contributed by atoms with van der Waals surface area (Å²) in [5.74, 6) is 0.153. The molecule has 1 rings (SSSR count). The van der Waals surface area contributed by atoms with Gasteiger partial charge in [0.05, 0.1) is 15.9 Å². The lowest BCUT2D eigenvalue weighted by Crippen LogP contribution is -2.05. The van der Waals surface area contributed by atoms with E-state index in [0.717, 1.165) is 15.9 Å². The molecule has 0 aliphatic carbocycles. The van der Waals surface area contributed by atoms with Crippen LogP contribution in [-0.4, -0.2) is 15.1 Å². The van der Waals surface area contributed by atoms with E-state index in [9.17, 15) is 0 Å². The maximum atomic E-state index is 9.17. The first-order valence-corrected chi connectivity index (χ1v) is 4.44. The van der Waals surface area contributed by atoms with E-state index in [0.29, 0.717) is 0 Å². The number of nitriles is 1. The highest BCUT2D eigenvalue weighted by molar-refractivity contribution is 9.10. The van der Waals surface area contributed by atoms with Gasteiger partial charge in [-0.15, -0.1) is 0 Å². The molecule has 0 radical (unpaired) electrons. The van der Waals surface area contributed by atoms with Gasteiger partial charge in [-0.1, -0.05) is 0 Å². The van der Waals surface area contributed by atoms with E-state index >= 15 is 0 Å². The highest BCUT2D eigenvalue weighted by Gasteiger charge is 2.12. The first-order valence-electron chi connectivity index (χ1n) is 3.64. The van der Waals surface area contributed by atoms with Crippen LogP contribution in [0.5, 0.6) is 0 Å². The molecule has 0 saturated carbocycles. The Morgan fingerprint density at radius 3 is 2.23 bits per heavy atom. The van der Waals surface area contributed by atoms with Gasteiger partial charge in [0, 0.05) is 0 Å². The molecule has 1 atom stereocenters. The van der Waals surface area contributed by atoms with E-state index in [4.69, 9.17) is 10.4 Å². The van der Waals surface area contributed by atoms with Gasteiger partial charge in [0.2, 0.25) is 6.10 Å². The molecule has 0 bridgehead atoms. The number of aryl methyl sites for hydroxylation is 2. The highest BCUT2D eigenvalue weighted by atomic mass is 79.9. The standard InChI is InChI=1S/C8H8BrN3O/c1-4-7(9)5(2)12-8(11-4)6(13)3-10/h6,13H,1-2H3. The summed E-state index contributed by atoms with van der Waals surface area (Å²) in [5.41, 5.74) is 1.44. The average molecular weight is 242 g/mol. The van der Waals surface area contributed by atoms with E-state index in [1.54, 1.807) is 19.9 Å². The van der Waals surface area contributed by atoms with Crippen LogP contribution in [0.15, 0.2) is 4.47 Å². The molecule has 1 aromatic rings. The van der Waals surface area contributed by atoms with Gasteiger partial charge in [-0.25, -0.2) is 9.97 Å². The van der Waals surface area contributed by atoms with Crippen molar-refractivity contribution in [3.05, 3.63) is 21.7 Å². The first kappa shape index (κ1) is 10.1. The maximum Gasteiger partial charge on any atom is 0.200 e. The zero-order valence-electron chi connectivity index (χ0n) is 7.24. The van der Waals surface area contributed by atoms with Crippen LogP contribution in [-0.2, 0) is 0 Å². The van der Waals surface area contributed by atoms with E-state index in [1.165, 1.54) is 0 Å². The van der Waals surface area contributed by atoms with Crippen LogP contribution < -0.4 is 0 Å². The van der Waals surface area contributed by atoms with Crippen molar-refractivity contribution in [1.82, 2.24) is 9.97 Å². The Balaban J connectivity index is 3.22. The number of nitrogens with zero attached hydrogens (tertiary/aromatic N) is 3. The molecule has 1 heterocycles. The summed E-state index contributed by atoms with van der Waals surface area (Å²) in [6.07, 6.45) is -1.24. The van der Waals surface area contributed by atoms with Gasteiger partial charge in [0.1, 0.15) is 6.07 Å². The van der Waals surface area contributed by atoms with Crippen LogP contribution in [0.4, 0.5) is 0 Å². The van der Waals surface area contributed by atoms with Crippen LogP contribution in [0.3, 0.4) is 0 Å². The Morgan fingerprint density at radius 1 is 1.38 bits per heavy atom. The Morgan fingerprint density at radius 2 is 1.85 bits per heavy atom. The molecule has 5 heteroatoms. The molecule has 0 aliphatic rings. The minimum absolute atomic E-state index is 0.153. The normalized spacial score (nSPS) is 12.2. The predicted molar refractivity (Wildman–Crippen MR) is 49.8 cm³/mol. The summed E-state index contributed by atoms with van der Waals surface area (Å²) >= 11 is 3.29. The van der Waals surface area contributed by atoms with Gasteiger partial charge in [-0.2, -0.15) is 5.26 Å². The lowest BCUT2D eigenvalue weighted by atomic mass is 10.3. The summed E-state index contributed by atoms with van der Waals surface area (Å²) in [4.78, 5) is 7.95. The molecule has 68 valence electrons. The van der Waals surface area contributed by atoms with Crippen molar-refractivity contribution in [3.8, 4) is 6.07 Å². The molecule has 0 aromatic carbocycles. The van der Waals surface area contributed by atoms with Crippen molar-refractivity contribution in [2.75, 3.05) is 0 Å². The fourth-order valence-electron chi connectivity index (χ4n) is 0.909. The molecule has 0 spiro atoms. The Hall–Kier alpha value is -0.990. The number of aliphatic hydroxyl groups excluding tert-OH is 1. The predicted octanol–water partition coefficient (Wildman–Crippen LogP) is 1.41. The van der Waals surface area contributed by atoms with Crippen LogP contribution >= 0.6 is 15.9 Å². The van der Waals surface area contributed by atoms with Gasteiger partial charge in [0.15, 0.2) is 5.82 Å². The molecule has 0 saturated heterocycles. The van der Waals surface area contributed by atoms with Crippen molar-refractivity contribution in [1.29, 1.82) is 5.26 Å². The summed E-state index contributed by atoms with van der Waals surface area (Å²) < 4.78 is 0.807. The molecule has 1 N–H and O–H groups in total. The SMILES string of the molecule is Cc1nc(C(O)C#N)nc(C)c1Br. The molecule has 1 aromatic heterocycles. The van der Waals surface area contributed by atoms with Crippen molar-refractivity contribution in [3.63, 3.8) is 0 Å². The lowest BCUT2D eigenvalue weighted by Gasteiger charge is -2.05. The minimum Gasteiger partial charge on any atom is -0.371 e. The van der Waals surface area contributed by atoms with Crippen LogP contribution in [0.1, 0.15) is 23.3 Å². The maximum absolute atomic E-state index is 9.17. The van der Waals surface area contributed by atoms with Crippen LogP contribution in [0, 0.1) is 25.2 Å². The lowest BCUT2D eigenvalue weighted by molar-refractivity contribution is 0.224. The van der Waals surface area contributed by atoms with Gasteiger partial charge >= 0.3 is 0 Å². The Labute approximate surface area is 84.4 Å². The monoisotopic (exact) mass is 241 g/mol. The summed E-state index contributed by atoms with van der Waals surface area (Å²) in [6, 6.07) is 1.67. The average Bonchev–Trinajstić information content (AvgIpc) is 2.12. The second-order valence-electron chi connectivity index (χ2n) is 2.60. The van der Waals surface area contributed by atoms with Crippen LogP contribution in [0.25, 0.3) is 0 Å². The third-order valence-corrected chi connectivity index (χ3v) is 2.71. The van der Waals surface area contributed by atoms with Crippen molar-refractivity contribution in [2.45, 2.75) is 20.0 Å². The zero-order chi connectivity index (χ0) is 10.0. The first-order chi connectivity index (χ1) is 6.06. The molecule has 0 fully saturated rings. The quantitative estimate of drug-likeness (QED) is 0.756. The second-order valence-corrected chi connectivity index (χ2v) is 3.39. The smallest absolute Gasteiger partial charge is 0.200 e. The molecular formula is C8H8BrN3O. The number of aliphatic hydroxyl groups is 1. The minimum atomic E-state index is -1.24. The van der Waals surface area contributed by atoms with Gasteiger partial charge in [0.25, 0.3) is 0 Å². The van der Waals surface area contributed by atoms with E-state index in [-0.39, 0.29) is 5.82 Å². The van der Waals surface area contributed by atoms with Gasteiger partial charge in [-0.05, 0) is 29.8 Å². The number of rotatable bonds is 1.